The van der Waals surface area contributed by atoms with Crippen LogP contribution in [0.15, 0.2) is 36.5 Å². The summed E-state index contributed by atoms with van der Waals surface area (Å²) in [6, 6.07) is 0. The van der Waals surface area contributed by atoms with Gasteiger partial charge in [-0.15, -0.1) is 0 Å². The number of aliphatic carboxylic acids is 1. The number of unbranched alkanes of at least 4 members (excludes halogenated alkanes) is 29. The molecular weight excluding hydrogens is 641 g/mol. The molecule has 4 nitrogen and oxygen atoms in total. The molecule has 0 saturated carbocycles. The van der Waals surface area contributed by atoms with Gasteiger partial charge in [0.1, 0.15) is 6.10 Å². The van der Waals surface area contributed by atoms with Crippen molar-refractivity contribution in [3.05, 3.63) is 36.5 Å². The molecule has 1 N–H and O–H groups in total. The average molecular weight is 729 g/mol. The van der Waals surface area contributed by atoms with Gasteiger partial charge in [-0.05, 0) is 77.0 Å². The van der Waals surface area contributed by atoms with Crippen LogP contribution in [-0.4, -0.2) is 23.1 Å². The topological polar surface area (TPSA) is 63.6 Å². The van der Waals surface area contributed by atoms with E-state index in [0.717, 1.165) is 44.9 Å². The molecule has 0 aromatic rings. The van der Waals surface area contributed by atoms with Gasteiger partial charge in [0.25, 0.3) is 0 Å². The Morgan fingerprint density at radius 2 is 0.769 bits per heavy atom. The minimum Gasteiger partial charge on any atom is -0.481 e. The summed E-state index contributed by atoms with van der Waals surface area (Å²) in [6.45, 7) is 4.54. The molecule has 0 aliphatic heterocycles. The fourth-order valence-electron chi connectivity index (χ4n) is 6.93. The number of carbonyl (C=O) groups is 2. The minimum absolute atomic E-state index is 0.0769. The summed E-state index contributed by atoms with van der Waals surface area (Å²) in [6.07, 6.45) is 57.6. The molecule has 0 rings (SSSR count). The molecule has 0 radical (unpaired) electrons. The smallest absolute Gasteiger partial charge is 0.307 e. The van der Waals surface area contributed by atoms with Gasteiger partial charge in [-0.25, -0.2) is 0 Å². The molecule has 0 saturated heterocycles. The Hall–Kier alpha value is -1.84. The van der Waals surface area contributed by atoms with Crippen molar-refractivity contribution in [2.45, 2.75) is 258 Å². The molecule has 0 aliphatic carbocycles. The number of allylic oxidation sites excluding steroid dienone is 6. The van der Waals surface area contributed by atoms with E-state index in [1.807, 2.05) is 0 Å². The van der Waals surface area contributed by atoms with Crippen LogP contribution in [0.3, 0.4) is 0 Å². The highest BCUT2D eigenvalue weighted by Crippen LogP contribution is 2.17. The number of carboxylic acid groups (broad SMARTS) is 1. The molecule has 0 amide bonds. The first-order valence-electron chi connectivity index (χ1n) is 23.0. The maximum absolute atomic E-state index is 12.4. The molecular formula is C48H88O4. The maximum atomic E-state index is 12.4. The van der Waals surface area contributed by atoms with Gasteiger partial charge in [0.15, 0.2) is 0 Å². The number of carboxylic acids is 1. The monoisotopic (exact) mass is 729 g/mol. The van der Waals surface area contributed by atoms with Crippen LogP contribution in [0.25, 0.3) is 0 Å². The largest absolute Gasteiger partial charge is 0.481 e. The van der Waals surface area contributed by atoms with E-state index in [-0.39, 0.29) is 12.4 Å². The average Bonchev–Trinajstić information content (AvgIpc) is 3.13. The lowest BCUT2D eigenvalue weighted by atomic mass is 10.0. The lowest BCUT2D eigenvalue weighted by Crippen LogP contribution is -2.21. The van der Waals surface area contributed by atoms with Crippen molar-refractivity contribution in [2.24, 2.45) is 0 Å². The van der Waals surface area contributed by atoms with E-state index in [2.05, 4.69) is 50.3 Å². The van der Waals surface area contributed by atoms with Crippen molar-refractivity contribution < 1.29 is 19.4 Å². The predicted molar refractivity (Wildman–Crippen MR) is 227 cm³/mol. The highest BCUT2D eigenvalue weighted by atomic mass is 16.5. The third-order valence-corrected chi connectivity index (χ3v) is 10.3. The van der Waals surface area contributed by atoms with Crippen LogP contribution in [0.4, 0.5) is 0 Å². The number of carbonyl (C=O) groups excluding carboxylic acids is 1. The van der Waals surface area contributed by atoms with Crippen molar-refractivity contribution in [3.8, 4) is 0 Å². The van der Waals surface area contributed by atoms with Crippen LogP contribution >= 0.6 is 0 Å². The maximum Gasteiger partial charge on any atom is 0.307 e. The van der Waals surface area contributed by atoms with Gasteiger partial charge in [-0.2, -0.15) is 0 Å². The van der Waals surface area contributed by atoms with E-state index in [9.17, 15) is 14.7 Å². The Morgan fingerprint density at radius 3 is 1.21 bits per heavy atom. The Kier molecular flexibility index (Phi) is 42.0. The zero-order valence-electron chi connectivity index (χ0n) is 34.9. The third kappa shape index (κ3) is 42.6. The standard InChI is InChI=1S/C48H88O4/c1-3-5-7-9-11-13-15-17-19-21-23-24-26-28-30-32-34-36-38-40-42-44-48(51)52-46(45-47(49)50)43-41-39-37-35-33-31-29-27-25-22-20-18-16-14-12-10-8-6-4-2/h11,13,17,19,28,30,46H,3-10,12,14-16,18,20-27,29,31-45H2,1-2H3,(H,49,50)/b13-11-,19-17-,30-28-. The van der Waals surface area contributed by atoms with Crippen molar-refractivity contribution in [3.63, 3.8) is 0 Å². The molecule has 0 aliphatic rings. The van der Waals surface area contributed by atoms with Crippen molar-refractivity contribution >= 4 is 11.9 Å². The van der Waals surface area contributed by atoms with Gasteiger partial charge in [-0.1, -0.05) is 198 Å². The van der Waals surface area contributed by atoms with Crippen LogP contribution < -0.4 is 0 Å². The van der Waals surface area contributed by atoms with Crippen LogP contribution in [0.2, 0.25) is 0 Å². The molecule has 0 bridgehead atoms. The van der Waals surface area contributed by atoms with E-state index in [0.29, 0.717) is 12.8 Å². The van der Waals surface area contributed by atoms with Crippen LogP contribution in [0.5, 0.6) is 0 Å². The number of hydrogen-bond acceptors (Lipinski definition) is 3. The summed E-state index contributed by atoms with van der Waals surface area (Å²) in [5.41, 5.74) is 0. The molecule has 0 aromatic heterocycles. The first-order chi connectivity index (χ1) is 25.6. The zero-order chi connectivity index (χ0) is 37.8. The summed E-state index contributed by atoms with van der Waals surface area (Å²) in [5, 5.41) is 9.31. The number of hydrogen-bond donors (Lipinski definition) is 1. The Balaban J connectivity index is 3.62. The van der Waals surface area contributed by atoms with Crippen LogP contribution in [0, 0.1) is 0 Å². The zero-order valence-corrected chi connectivity index (χ0v) is 34.9. The third-order valence-electron chi connectivity index (χ3n) is 10.3. The first-order valence-corrected chi connectivity index (χ1v) is 23.0. The normalized spacial score (nSPS) is 12.5. The van der Waals surface area contributed by atoms with Crippen molar-refractivity contribution in [1.29, 1.82) is 0 Å². The fourth-order valence-corrected chi connectivity index (χ4v) is 6.93. The molecule has 52 heavy (non-hydrogen) atoms. The molecule has 0 spiro atoms. The van der Waals surface area contributed by atoms with Gasteiger partial charge in [0, 0.05) is 6.42 Å². The number of ether oxygens (including phenoxy) is 1. The molecule has 1 atom stereocenters. The summed E-state index contributed by atoms with van der Waals surface area (Å²) >= 11 is 0. The fraction of sp³-hybridized carbons (Fsp3) is 0.833. The van der Waals surface area contributed by atoms with Gasteiger partial charge in [0.2, 0.25) is 0 Å². The van der Waals surface area contributed by atoms with Gasteiger partial charge in [-0.3, -0.25) is 9.59 Å². The van der Waals surface area contributed by atoms with Crippen LogP contribution in [-0.2, 0) is 14.3 Å². The predicted octanol–water partition coefficient (Wildman–Crippen LogP) is 16.1. The van der Waals surface area contributed by atoms with Gasteiger partial charge >= 0.3 is 11.9 Å². The minimum atomic E-state index is -0.881. The second kappa shape index (κ2) is 43.6. The molecule has 304 valence electrons. The summed E-state index contributed by atoms with van der Waals surface area (Å²) < 4.78 is 5.61. The highest BCUT2D eigenvalue weighted by molar-refractivity contribution is 5.71. The van der Waals surface area contributed by atoms with Crippen molar-refractivity contribution in [2.75, 3.05) is 0 Å². The first kappa shape index (κ1) is 50.2. The van der Waals surface area contributed by atoms with E-state index < -0.39 is 12.1 Å². The molecule has 0 heterocycles. The van der Waals surface area contributed by atoms with Gasteiger partial charge < -0.3 is 9.84 Å². The lowest BCUT2D eigenvalue weighted by Gasteiger charge is -2.16. The van der Waals surface area contributed by atoms with Crippen LogP contribution in [0.1, 0.15) is 251 Å². The molecule has 4 heteroatoms. The van der Waals surface area contributed by atoms with E-state index in [4.69, 9.17) is 4.74 Å². The lowest BCUT2D eigenvalue weighted by molar-refractivity contribution is -0.153. The van der Waals surface area contributed by atoms with E-state index >= 15 is 0 Å². The quantitative estimate of drug-likeness (QED) is 0.0386. The summed E-state index contributed by atoms with van der Waals surface area (Å²) in [7, 11) is 0. The number of esters is 1. The van der Waals surface area contributed by atoms with E-state index in [1.165, 1.54) is 173 Å². The highest BCUT2D eigenvalue weighted by Gasteiger charge is 2.17. The van der Waals surface area contributed by atoms with Crippen molar-refractivity contribution in [1.82, 2.24) is 0 Å². The molecule has 1 unspecified atom stereocenters. The second-order valence-electron chi connectivity index (χ2n) is 15.6. The summed E-state index contributed by atoms with van der Waals surface area (Å²) in [5.74, 6) is -1.11. The Bertz CT molecular complexity index is 828. The molecule has 0 aromatic carbocycles. The Morgan fingerprint density at radius 1 is 0.442 bits per heavy atom. The second-order valence-corrected chi connectivity index (χ2v) is 15.6. The Labute approximate surface area is 324 Å². The van der Waals surface area contributed by atoms with E-state index in [1.54, 1.807) is 0 Å². The molecule has 0 fully saturated rings. The van der Waals surface area contributed by atoms with Gasteiger partial charge in [0.05, 0.1) is 6.42 Å². The SMILES string of the molecule is CCCCC/C=C\C/C=C\CCCC/C=C\CCCCCCCC(=O)OC(CCCCCCCCCCCCCCCCCCCCC)CC(=O)O. The summed E-state index contributed by atoms with van der Waals surface area (Å²) in [4.78, 5) is 23.8. The number of rotatable bonds is 42.